The third-order valence-electron chi connectivity index (χ3n) is 4.47. The van der Waals surface area contributed by atoms with Crippen LogP contribution < -0.4 is 10.1 Å². The second kappa shape index (κ2) is 6.99. The van der Waals surface area contributed by atoms with Crippen LogP contribution in [0.1, 0.15) is 28.0 Å². The fraction of sp³-hybridized carbons (Fsp3) is 0.143. The summed E-state index contributed by atoms with van der Waals surface area (Å²) in [6.07, 6.45) is 3.55. The van der Waals surface area contributed by atoms with Gasteiger partial charge in [-0.3, -0.25) is 4.79 Å². The Bertz CT molecular complexity index is 1060. The summed E-state index contributed by atoms with van der Waals surface area (Å²) in [6, 6.07) is 16.4. The van der Waals surface area contributed by atoms with E-state index in [4.69, 9.17) is 9.15 Å². The van der Waals surface area contributed by atoms with Crippen molar-refractivity contribution in [3.8, 4) is 5.75 Å². The first-order chi connectivity index (χ1) is 13.2. The molecule has 0 saturated carbocycles. The molecular formula is C21H19N3O3. The molecule has 0 aliphatic rings. The van der Waals surface area contributed by atoms with Crippen LogP contribution in [0.4, 0.5) is 0 Å². The summed E-state index contributed by atoms with van der Waals surface area (Å²) in [4.78, 5) is 17.3. The van der Waals surface area contributed by atoms with Crippen LogP contribution in [-0.4, -0.2) is 22.6 Å². The van der Waals surface area contributed by atoms with E-state index in [0.29, 0.717) is 17.2 Å². The van der Waals surface area contributed by atoms with Crippen molar-refractivity contribution in [2.75, 3.05) is 7.11 Å². The number of hydrogen-bond acceptors (Lipinski definition) is 4. The SMILES string of the molecule is COc1cccc(C(NC(=O)c2cc3ccccc3o2)c2nccn2C)c1. The predicted octanol–water partition coefficient (Wildman–Crippen LogP) is 3.69. The number of imidazole rings is 1. The van der Waals surface area contributed by atoms with Gasteiger partial charge in [-0.1, -0.05) is 30.3 Å². The van der Waals surface area contributed by atoms with E-state index in [1.54, 1.807) is 19.4 Å². The molecule has 0 saturated heterocycles. The Hall–Kier alpha value is -3.54. The summed E-state index contributed by atoms with van der Waals surface area (Å²) < 4.78 is 12.9. The summed E-state index contributed by atoms with van der Waals surface area (Å²) in [5.41, 5.74) is 1.55. The smallest absolute Gasteiger partial charge is 0.287 e. The van der Waals surface area contributed by atoms with Crippen molar-refractivity contribution in [1.29, 1.82) is 0 Å². The highest BCUT2D eigenvalue weighted by atomic mass is 16.5. The van der Waals surface area contributed by atoms with E-state index in [-0.39, 0.29) is 11.7 Å². The number of aromatic nitrogens is 2. The number of hydrogen-bond donors (Lipinski definition) is 1. The number of nitrogens with zero attached hydrogens (tertiary/aromatic N) is 2. The van der Waals surface area contributed by atoms with Crippen LogP contribution in [0.25, 0.3) is 11.0 Å². The lowest BCUT2D eigenvalue weighted by molar-refractivity contribution is 0.0915. The van der Waals surface area contributed by atoms with Crippen LogP contribution >= 0.6 is 0 Å². The molecule has 1 atom stereocenters. The van der Waals surface area contributed by atoms with Gasteiger partial charge in [-0.15, -0.1) is 0 Å². The van der Waals surface area contributed by atoms with Crippen molar-refractivity contribution in [2.45, 2.75) is 6.04 Å². The van der Waals surface area contributed by atoms with E-state index in [9.17, 15) is 4.79 Å². The second-order valence-electron chi connectivity index (χ2n) is 6.23. The standard InChI is InChI=1S/C21H19N3O3/c1-24-11-10-22-20(24)19(15-7-5-8-16(12-15)26-2)23-21(25)18-13-14-6-3-4-9-17(14)27-18/h3-13,19H,1-2H3,(H,23,25). The zero-order valence-electron chi connectivity index (χ0n) is 15.0. The zero-order valence-corrected chi connectivity index (χ0v) is 15.0. The monoisotopic (exact) mass is 361 g/mol. The number of benzene rings is 2. The highest BCUT2D eigenvalue weighted by molar-refractivity contribution is 5.96. The van der Waals surface area contributed by atoms with Crippen LogP contribution in [-0.2, 0) is 7.05 Å². The maximum Gasteiger partial charge on any atom is 0.287 e. The molecule has 2 heterocycles. The fourth-order valence-corrected chi connectivity index (χ4v) is 3.07. The first-order valence-electron chi connectivity index (χ1n) is 8.56. The fourth-order valence-electron chi connectivity index (χ4n) is 3.07. The van der Waals surface area contributed by atoms with Crippen molar-refractivity contribution in [3.05, 3.63) is 84.1 Å². The van der Waals surface area contributed by atoms with Gasteiger partial charge in [0.25, 0.3) is 5.91 Å². The molecule has 4 aromatic rings. The van der Waals surface area contributed by atoms with Gasteiger partial charge in [-0.2, -0.15) is 0 Å². The van der Waals surface area contributed by atoms with Gasteiger partial charge in [-0.25, -0.2) is 4.98 Å². The van der Waals surface area contributed by atoms with Gasteiger partial charge in [0, 0.05) is 24.8 Å². The maximum atomic E-state index is 12.9. The zero-order chi connectivity index (χ0) is 18.8. The van der Waals surface area contributed by atoms with E-state index < -0.39 is 6.04 Å². The minimum absolute atomic E-state index is 0.262. The van der Waals surface area contributed by atoms with Gasteiger partial charge >= 0.3 is 0 Å². The normalized spacial score (nSPS) is 12.1. The number of fused-ring (bicyclic) bond motifs is 1. The Balaban J connectivity index is 1.70. The molecule has 0 aliphatic heterocycles. The number of furan rings is 1. The molecule has 0 fully saturated rings. The van der Waals surface area contributed by atoms with Crippen LogP contribution in [0.3, 0.4) is 0 Å². The molecule has 1 amide bonds. The average molecular weight is 361 g/mol. The summed E-state index contributed by atoms with van der Waals surface area (Å²) in [5, 5.41) is 3.92. The molecule has 0 aliphatic carbocycles. The number of aryl methyl sites for hydroxylation is 1. The lowest BCUT2D eigenvalue weighted by Crippen LogP contribution is -2.30. The van der Waals surface area contributed by atoms with E-state index in [1.165, 1.54) is 0 Å². The first-order valence-corrected chi connectivity index (χ1v) is 8.56. The third-order valence-corrected chi connectivity index (χ3v) is 4.47. The number of carbonyl (C=O) groups excluding carboxylic acids is 1. The van der Waals surface area contributed by atoms with Gasteiger partial charge in [0.2, 0.25) is 0 Å². The Kier molecular flexibility index (Phi) is 4.38. The summed E-state index contributed by atoms with van der Waals surface area (Å²) >= 11 is 0. The third kappa shape index (κ3) is 3.29. The number of ether oxygens (including phenoxy) is 1. The molecule has 1 unspecified atom stereocenters. The molecule has 2 aromatic heterocycles. The first kappa shape index (κ1) is 16.9. The number of amides is 1. The van der Waals surface area contributed by atoms with E-state index >= 15 is 0 Å². The lowest BCUT2D eigenvalue weighted by atomic mass is 10.1. The Morgan fingerprint density at radius 1 is 1.19 bits per heavy atom. The van der Waals surface area contributed by atoms with Crippen molar-refractivity contribution in [1.82, 2.24) is 14.9 Å². The number of rotatable bonds is 5. The predicted molar refractivity (Wildman–Crippen MR) is 102 cm³/mol. The quantitative estimate of drug-likeness (QED) is 0.588. The van der Waals surface area contributed by atoms with Crippen LogP contribution in [0.5, 0.6) is 5.75 Å². The molecule has 0 radical (unpaired) electrons. The molecule has 6 nitrogen and oxygen atoms in total. The average Bonchev–Trinajstić information content (AvgIpc) is 3.32. The largest absolute Gasteiger partial charge is 0.497 e. The van der Waals surface area contributed by atoms with Crippen LogP contribution in [0, 0.1) is 0 Å². The topological polar surface area (TPSA) is 69.3 Å². The van der Waals surface area contributed by atoms with Crippen LogP contribution in [0.2, 0.25) is 0 Å². The van der Waals surface area contributed by atoms with Gasteiger partial charge in [0.1, 0.15) is 23.2 Å². The van der Waals surface area contributed by atoms with Gasteiger partial charge in [-0.05, 0) is 29.8 Å². The molecule has 2 aromatic carbocycles. The lowest BCUT2D eigenvalue weighted by Gasteiger charge is -2.19. The Morgan fingerprint density at radius 2 is 2.04 bits per heavy atom. The number of para-hydroxylation sites is 1. The van der Waals surface area contributed by atoms with Gasteiger partial charge in [0.05, 0.1) is 7.11 Å². The molecule has 27 heavy (non-hydrogen) atoms. The van der Waals surface area contributed by atoms with Crippen molar-refractivity contribution in [3.63, 3.8) is 0 Å². The minimum atomic E-state index is -0.444. The Labute approximate surface area is 156 Å². The summed E-state index contributed by atoms with van der Waals surface area (Å²) in [7, 11) is 3.50. The molecule has 0 spiro atoms. The molecule has 136 valence electrons. The highest BCUT2D eigenvalue weighted by Gasteiger charge is 2.23. The molecule has 4 rings (SSSR count). The number of nitrogens with one attached hydrogen (secondary N) is 1. The molecule has 6 heteroatoms. The maximum absolute atomic E-state index is 12.9. The number of methoxy groups -OCH3 is 1. The molecular weight excluding hydrogens is 342 g/mol. The number of carbonyl (C=O) groups is 1. The van der Waals surface area contributed by atoms with Crippen LogP contribution in [0.15, 0.2) is 71.4 Å². The molecule has 1 N–H and O–H groups in total. The van der Waals surface area contributed by atoms with Gasteiger partial charge < -0.3 is 19.0 Å². The van der Waals surface area contributed by atoms with Crippen molar-refractivity contribution < 1.29 is 13.9 Å². The summed E-state index contributed by atoms with van der Waals surface area (Å²) in [6.45, 7) is 0. The van der Waals surface area contributed by atoms with E-state index in [2.05, 4.69) is 10.3 Å². The second-order valence-corrected chi connectivity index (χ2v) is 6.23. The van der Waals surface area contributed by atoms with E-state index in [1.807, 2.05) is 66.3 Å². The highest BCUT2D eigenvalue weighted by Crippen LogP contribution is 2.25. The van der Waals surface area contributed by atoms with E-state index in [0.717, 1.165) is 10.9 Å². The molecule has 0 bridgehead atoms. The van der Waals surface area contributed by atoms with Crippen molar-refractivity contribution >= 4 is 16.9 Å². The van der Waals surface area contributed by atoms with Crippen molar-refractivity contribution in [2.24, 2.45) is 7.05 Å². The minimum Gasteiger partial charge on any atom is -0.497 e. The summed E-state index contributed by atoms with van der Waals surface area (Å²) in [5.74, 6) is 1.39. The Morgan fingerprint density at radius 3 is 2.78 bits per heavy atom. The van der Waals surface area contributed by atoms with Gasteiger partial charge in [0.15, 0.2) is 5.76 Å².